The van der Waals surface area contributed by atoms with Crippen molar-refractivity contribution in [3.63, 3.8) is 0 Å². The Bertz CT molecular complexity index is 1130. The number of halogens is 4. The lowest BCUT2D eigenvalue weighted by Gasteiger charge is -2.18. The number of thiazole rings is 1. The van der Waals surface area contributed by atoms with Crippen molar-refractivity contribution >= 4 is 55.9 Å². The highest BCUT2D eigenvalue weighted by Crippen LogP contribution is 2.31. The number of anilines is 2. The van der Waals surface area contributed by atoms with Crippen molar-refractivity contribution in [3.05, 3.63) is 81.0 Å². The van der Waals surface area contributed by atoms with E-state index in [2.05, 4.69) is 20.9 Å². The predicted octanol–water partition coefficient (Wildman–Crippen LogP) is 5.90. The number of allylic oxidation sites excluding steroid dienone is 1. The molecule has 2 aromatic carbocycles. The maximum Gasteiger partial charge on any atom is 0.230 e. The van der Waals surface area contributed by atoms with Gasteiger partial charge in [-0.05, 0) is 58.4 Å². The standard InChI is InChI=1S/C20H12BrF3N2O2S/c1-11(27)26(18-6-3-13(22)9-17(18)24)20-25-14(10-29-20)4-7-19(28)12-2-5-16(23)15(21)8-12/h2-10H,1H3. The Hall–Kier alpha value is -2.78. The summed E-state index contributed by atoms with van der Waals surface area (Å²) >= 11 is 4.08. The molecule has 29 heavy (non-hydrogen) atoms. The Kier molecular flexibility index (Phi) is 6.29. The molecule has 0 saturated heterocycles. The number of nitrogens with zero attached hydrogens (tertiary/aromatic N) is 2. The Labute approximate surface area is 176 Å². The van der Waals surface area contributed by atoms with Crippen LogP contribution in [0.5, 0.6) is 0 Å². The van der Waals surface area contributed by atoms with Crippen LogP contribution >= 0.6 is 27.3 Å². The van der Waals surface area contributed by atoms with E-state index in [9.17, 15) is 22.8 Å². The van der Waals surface area contributed by atoms with Gasteiger partial charge in [0.15, 0.2) is 10.9 Å². The molecule has 0 aliphatic heterocycles. The molecule has 0 aliphatic rings. The molecule has 4 nitrogen and oxygen atoms in total. The molecule has 1 amide bonds. The van der Waals surface area contributed by atoms with E-state index in [4.69, 9.17) is 0 Å². The van der Waals surface area contributed by atoms with Crippen LogP contribution in [-0.2, 0) is 4.79 Å². The number of rotatable bonds is 5. The molecule has 1 heterocycles. The maximum absolute atomic E-state index is 14.1. The molecular weight excluding hydrogens is 469 g/mol. The van der Waals surface area contributed by atoms with Gasteiger partial charge in [0, 0.05) is 23.9 Å². The molecule has 0 bridgehead atoms. The first-order valence-electron chi connectivity index (χ1n) is 8.15. The zero-order valence-electron chi connectivity index (χ0n) is 14.8. The maximum atomic E-state index is 14.1. The number of carbonyl (C=O) groups is 2. The Morgan fingerprint density at radius 3 is 2.52 bits per heavy atom. The van der Waals surface area contributed by atoms with E-state index in [0.29, 0.717) is 11.8 Å². The van der Waals surface area contributed by atoms with Gasteiger partial charge in [-0.2, -0.15) is 0 Å². The molecule has 0 saturated carbocycles. The summed E-state index contributed by atoms with van der Waals surface area (Å²) in [7, 11) is 0. The van der Waals surface area contributed by atoms with Gasteiger partial charge in [-0.1, -0.05) is 0 Å². The van der Waals surface area contributed by atoms with Crippen LogP contribution in [0.25, 0.3) is 6.08 Å². The number of amides is 1. The fraction of sp³-hybridized carbons (Fsp3) is 0.0500. The summed E-state index contributed by atoms with van der Waals surface area (Å²) in [4.78, 5) is 29.5. The van der Waals surface area contributed by atoms with Crippen LogP contribution < -0.4 is 4.90 Å². The van der Waals surface area contributed by atoms with Crippen molar-refractivity contribution < 1.29 is 22.8 Å². The third-order valence-corrected chi connectivity index (χ3v) is 5.23. The first-order chi connectivity index (χ1) is 13.8. The van der Waals surface area contributed by atoms with Crippen molar-refractivity contribution in [1.29, 1.82) is 0 Å². The lowest BCUT2D eigenvalue weighted by atomic mass is 10.1. The monoisotopic (exact) mass is 480 g/mol. The average molecular weight is 481 g/mol. The van der Waals surface area contributed by atoms with Gasteiger partial charge < -0.3 is 0 Å². The molecule has 0 aliphatic carbocycles. The van der Waals surface area contributed by atoms with Crippen LogP contribution in [-0.4, -0.2) is 16.7 Å². The largest absolute Gasteiger partial charge is 0.289 e. The third-order valence-electron chi connectivity index (χ3n) is 3.78. The minimum atomic E-state index is -0.899. The number of benzene rings is 2. The lowest BCUT2D eigenvalue weighted by molar-refractivity contribution is -0.115. The van der Waals surface area contributed by atoms with E-state index >= 15 is 0 Å². The van der Waals surface area contributed by atoms with Gasteiger partial charge in [-0.25, -0.2) is 18.2 Å². The summed E-state index contributed by atoms with van der Waals surface area (Å²) in [5, 5.41) is 1.75. The normalized spacial score (nSPS) is 11.1. The molecule has 3 aromatic rings. The SMILES string of the molecule is CC(=O)N(c1nc(C=CC(=O)c2ccc(F)c(Br)c2)cs1)c1ccc(F)cc1F. The first-order valence-corrected chi connectivity index (χ1v) is 9.82. The molecule has 0 unspecified atom stereocenters. The molecule has 0 fully saturated rings. The zero-order chi connectivity index (χ0) is 21.1. The van der Waals surface area contributed by atoms with Crippen LogP contribution in [0.1, 0.15) is 23.0 Å². The Morgan fingerprint density at radius 1 is 1.10 bits per heavy atom. The highest BCUT2D eigenvalue weighted by atomic mass is 79.9. The summed E-state index contributed by atoms with van der Waals surface area (Å²) in [6.07, 6.45) is 2.69. The van der Waals surface area contributed by atoms with Gasteiger partial charge in [0.2, 0.25) is 5.91 Å². The van der Waals surface area contributed by atoms with E-state index in [1.54, 1.807) is 5.38 Å². The molecule has 148 valence electrons. The predicted molar refractivity (Wildman–Crippen MR) is 109 cm³/mol. The lowest BCUT2D eigenvalue weighted by Crippen LogP contribution is -2.23. The summed E-state index contributed by atoms with van der Waals surface area (Å²) in [5.41, 5.74) is 0.521. The van der Waals surface area contributed by atoms with Gasteiger partial charge in [-0.15, -0.1) is 11.3 Å². The minimum absolute atomic E-state index is 0.129. The van der Waals surface area contributed by atoms with Crippen molar-refractivity contribution in [2.24, 2.45) is 0 Å². The van der Waals surface area contributed by atoms with E-state index in [1.165, 1.54) is 37.3 Å². The van der Waals surface area contributed by atoms with Gasteiger partial charge in [0.1, 0.15) is 17.5 Å². The fourth-order valence-corrected chi connectivity index (χ4v) is 3.66. The smallest absolute Gasteiger partial charge is 0.230 e. The van der Waals surface area contributed by atoms with Crippen LogP contribution in [0.2, 0.25) is 0 Å². The minimum Gasteiger partial charge on any atom is -0.289 e. The summed E-state index contributed by atoms with van der Waals surface area (Å²) in [6, 6.07) is 6.77. The second-order valence-electron chi connectivity index (χ2n) is 5.83. The van der Waals surface area contributed by atoms with Crippen LogP contribution in [0.15, 0.2) is 52.3 Å². The van der Waals surface area contributed by atoms with Crippen molar-refractivity contribution in [2.75, 3.05) is 4.90 Å². The number of aromatic nitrogens is 1. The summed E-state index contributed by atoms with van der Waals surface area (Å²) in [6.45, 7) is 1.23. The topological polar surface area (TPSA) is 50.3 Å². The van der Waals surface area contributed by atoms with E-state index in [-0.39, 0.29) is 26.6 Å². The molecule has 9 heteroatoms. The van der Waals surface area contributed by atoms with Crippen LogP contribution in [0.4, 0.5) is 24.0 Å². The first kappa shape index (κ1) is 20.9. The second kappa shape index (κ2) is 8.71. The summed E-state index contributed by atoms with van der Waals surface area (Å²) < 4.78 is 40.7. The number of hydrogen-bond donors (Lipinski definition) is 0. The highest BCUT2D eigenvalue weighted by Gasteiger charge is 2.21. The molecule has 0 radical (unpaired) electrons. The van der Waals surface area contributed by atoms with Crippen molar-refractivity contribution in [1.82, 2.24) is 4.98 Å². The Morgan fingerprint density at radius 2 is 1.86 bits per heavy atom. The quantitative estimate of drug-likeness (QED) is 0.337. The number of ketones is 1. The van der Waals surface area contributed by atoms with Crippen molar-refractivity contribution in [2.45, 2.75) is 6.92 Å². The van der Waals surface area contributed by atoms with Gasteiger partial charge >= 0.3 is 0 Å². The van der Waals surface area contributed by atoms with E-state index in [1.807, 2.05) is 0 Å². The fourth-order valence-electron chi connectivity index (χ4n) is 2.43. The van der Waals surface area contributed by atoms with E-state index < -0.39 is 23.4 Å². The Balaban J connectivity index is 1.84. The molecule has 0 N–H and O–H groups in total. The number of carbonyl (C=O) groups excluding carboxylic acids is 2. The van der Waals surface area contributed by atoms with E-state index in [0.717, 1.165) is 28.4 Å². The number of hydrogen-bond acceptors (Lipinski definition) is 4. The molecule has 0 atom stereocenters. The van der Waals surface area contributed by atoms with Gasteiger partial charge in [0.05, 0.1) is 15.9 Å². The third kappa shape index (κ3) is 4.80. The second-order valence-corrected chi connectivity index (χ2v) is 7.52. The summed E-state index contributed by atoms with van der Waals surface area (Å²) in [5.74, 6) is -3.01. The zero-order valence-corrected chi connectivity index (χ0v) is 17.2. The average Bonchev–Trinajstić information content (AvgIpc) is 3.12. The molecule has 0 spiro atoms. The highest BCUT2D eigenvalue weighted by molar-refractivity contribution is 9.10. The molecule has 3 rings (SSSR count). The van der Waals surface area contributed by atoms with Crippen LogP contribution in [0.3, 0.4) is 0 Å². The van der Waals surface area contributed by atoms with Gasteiger partial charge in [0.25, 0.3) is 0 Å². The van der Waals surface area contributed by atoms with Crippen molar-refractivity contribution in [3.8, 4) is 0 Å². The van der Waals surface area contributed by atoms with Crippen LogP contribution in [0, 0.1) is 17.5 Å². The molecular formula is C20H12BrF3N2O2S. The molecule has 1 aromatic heterocycles. The van der Waals surface area contributed by atoms with Gasteiger partial charge in [-0.3, -0.25) is 14.5 Å².